The van der Waals surface area contributed by atoms with E-state index >= 15 is 0 Å². The number of aromatic amines is 1. The molecule has 0 radical (unpaired) electrons. The van der Waals surface area contributed by atoms with Crippen LogP contribution in [-0.2, 0) is 9.84 Å². The van der Waals surface area contributed by atoms with E-state index in [4.69, 9.17) is 0 Å². The first-order valence-corrected chi connectivity index (χ1v) is 12.3. The largest absolute Gasteiger partial charge is 0.341 e. The molecule has 1 N–H and O–H groups in total. The number of hydrogen-bond donors (Lipinski definition) is 1. The first kappa shape index (κ1) is 18.8. The van der Waals surface area contributed by atoms with E-state index in [0.717, 1.165) is 41.7 Å². The van der Waals surface area contributed by atoms with Crippen molar-refractivity contribution in [2.75, 3.05) is 0 Å². The Bertz CT molecular complexity index is 1060. The fourth-order valence-electron chi connectivity index (χ4n) is 4.72. The number of benzene rings is 1. The summed E-state index contributed by atoms with van der Waals surface area (Å²) in [7, 11) is -3.15. The molecule has 0 spiro atoms. The molecule has 29 heavy (non-hydrogen) atoms. The van der Waals surface area contributed by atoms with E-state index in [-0.39, 0.29) is 11.2 Å². The first-order valence-electron chi connectivity index (χ1n) is 10.7. The van der Waals surface area contributed by atoms with Crippen molar-refractivity contribution in [3.05, 3.63) is 54.0 Å². The highest BCUT2D eigenvalue weighted by Crippen LogP contribution is 2.38. The van der Waals surface area contributed by atoms with Crippen molar-refractivity contribution in [2.24, 2.45) is 5.92 Å². The minimum atomic E-state index is -3.15. The molecule has 5 rings (SSSR count). The van der Waals surface area contributed by atoms with Gasteiger partial charge in [-0.15, -0.1) is 0 Å². The van der Waals surface area contributed by atoms with Gasteiger partial charge in [0, 0.05) is 24.0 Å². The van der Waals surface area contributed by atoms with Crippen molar-refractivity contribution < 1.29 is 8.42 Å². The van der Waals surface area contributed by atoms with Gasteiger partial charge in [-0.25, -0.2) is 13.4 Å². The molecule has 2 aliphatic rings. The summed E-state index contributed by atoms with van der Waals surface area (Å²) < 4.78 is 25.1. The van der Waals surface area contributed by atoms with E-state index < -0.39 is 9.84 Å². The quantitative estimate of drug-likeness (QED) is 0.622. The van der Waals surface area contributed by atoms with Gasteiger partial charge in [-0.3, -0.25) is 4.98 Å². The molecule has 1 aromatic carbocycles. The van der Waals surface area contributed by atoms with Crippen molar-refractivity contribution in [1.29, 1.82) is 0 Å². The van der Waals surface area contributed by atoms with Crippen molar-refractivity contribution in [3.63, 3.8) is 0 Å². The van der Waals surface area contributed by atoms with Crippen molar-refractivity contribution >= 4 is 21.0 Å². The SMILES string of the molecule is O=S(=O)(c1ccc(C(CC2CCCCC2)c2cc3nccnc3[nH]2)cc1)C1CC1. The van der Waals surface area contributed by atoms with Gasteiger partial charge in [-0.1, -0.05) is 44.2 Å². The van der Waals surface area contributed by atoms with Gasteiger partial charge in [0.15, 0.2) is 15.5 Å². The number of aromatic nitrogens is 3. The van der Waals surface area contributed by atoms with Crippen molar-refractivity contribution in [3.8, 4) is 0 Å². The highest BCUT2D eigenvalue weighted by atomic mass is 32.2. The molecule has 0 aliphatic heterocycles. The van der Waals surface area contributed by atoms with Gasteiger partial charge in [0.25, 0.3) is 0 Å². The van der Waals surface area contributed by atoms with Crippen LogP contribution in [0.25, 0.3) is 11.2 Å². The summed E-state index contributed by atoms with van der Waals surface area (Å²) in [4.78, 5) is 12.7. The maximum atomic E-state index is 12.6. The summed E-state index contributed by atoms with van der Waals surface area (Å²) in [5, 5.41) is -0.169. The molecule has 5 nitrogen and oxygen atoms in total. The number of sulfone groups is 1. The zero-order valence-corrected chi connectivity index (χ0v) is 17.4. The van der Waals surface area contributed by atoms with E-state index in [1.165, 1.54) is 32.1 Å². The topological polar surface area (TPSA) is 75.7 Å². The molecular weight excluding hydrogens is 382 g/mol. The number of nitrogens with one attached hydrogen (secondary N) is 1. The Morgan fingerprint density at radius 3 is 2.38 bits per heavy atom. The fourth-order valence-corrected chi connectivity index (χ4v) is 6.37. The molecule has 2 heterocycles. The zero-order chi connectivity index (χ0) is 19.8. The molecule has 3 aromatic rings. The van der Waals surface area contributed by atoms with Crippen molar-refractivity contribution in [2.45, 2.75) is 67.4 Å². The molecule has 2 aromatic heterocycles. The molecule has 6 heteroatoms. The number of fused-ring (bicyclic) bond motifs is 1. The number of rotatable bonds is 6. The van der Waals surface area contributed by atoms with E-state index in [1.54, 1.807) is 24.5 Å². The predicted octanol–water partition coefficient (Wildman–Crippen LogP) is 5.00. The summed E-state index contributed by atoms with van der Waals surface area (Å²) in [6, 6.07) is 9.72. The molecule has 2 fully saturated rings. The van der Waals surface area contributed by atoms with E-state index in [2.05, 4.69) is 21.0 Å². The van der Waals surface area contributed by atoms with E-state index in [1.807, 2.05) is 12.1 Å². The normalized spacial score (nSPS) is 19.4. The standard InChI is InChI=1S/C23H27N3O2S/c27-29(28,19-10-11-19)18-8-6-17(7-9-18)20(14-16-4-2-1-3-5-16)21-15-22-23(26-21)25-13-12-24-22/h6-9,12-13,15-16,19-20H,1-5,10-11,14H2,(H,25,26). The summed E-state index contributed by atoms with van der Waals surface area (Å²) in [6.07, 6.45) is 12.6. The van der Waals surface area contributed by atoms with Gasteiger partial charge >= 0.3 is 0 Å². The minimum Gasteiger partial charge on any atom is -0.341 e. The van der Waals surface area contributed by atoms with Crippen LogP contribution in [0.5, 0.6) is 0 Å². The zero-order valence-electron chi connectivity index (χ0n) is 16.5. The van der Waals surface area contributed by atoms with Gasteiger partial charge in [0.2, 0.25) is 0 Å². The number of hydrogen-bond acceptors (Lipinski definition) is 4. The van der Waals surface area contributed by atoms with Crippen LogP contribution in [0.1, 0.15) is 68.5 Å². The van der Waals surface area contributed by atoms with Crippen LogP contribution in [0.15, 0.2) is 47.6 Å². The molecule has 1 atom stereocenters. The van der Waals surface area contributed by atoms with Crippen LogP contribution >= 0.6 is 0 Å². The Morgan fingerprint density at radius 2 is 1.69 bits per heavy atom. The van der Waals surface area contributed by atoms with E-state index in [9.17, 15) is 8.42 Å². The van der Waals surface area contributed by atoms with Crippen LogP contribution in [0.3, 0.4) is 0 Å². The molecule has 0 bridgehead atoms. The van der Waals surface area contributed by atoms with Gasteiger partial charge in [0.05, 0.1) is 10.1 Å². The molecule has 2 saturated carbocycles. The Labute approximate surface area is 171 Å². The second-order valence-corrected chi connectivity index (χ2v) is 10.8. The molecule has 0 amide bonds. The van der Waals surface area contributed by atoms with Gasteiger partial charge in [-0.05, 0) is 48.9 Å². The van der Waals surface area contributed by atoms with Gasteiger partial charge < -0.3 is 4.98 Å². The second-order valence-electron chi connectivity index (χ2n) is 8.62. The summed E-state index contributed by atoms with van der Waals surface area (Å²) in [5.41, 5.74) is 3.97. The Morgan fingerprint density at radius 1 is 0.966 bits per heavy atom. The second kappa shape index (κ2) is 7.56. The summed E-state index contributed by atoms with van der Waals surface area (Å²) >= 11 is 0. The molecule has 2 aliphatic carbocycles. The third kappa shape index (κ3) is 3.82. The Balaban J connectivity index is 1.48. The Hall–Kier alpha value is -2.21. The van der Waals surface area contributed by atoms with Crippen LogP contribution < -0.4 is 0 Å². The average Bonchev–Trinajstić information content (AvgIpc) is 3.53. The molecular formula is C23H27N3O2S. The van der Waals surface area contributed by atoms with Crippen LogP contribution in [-0.4, -0.2) is 28.6 Å². The minimum absolute atomic E-state index is 0.169. The average molecular weight is 410 g/mol. The highest BCUT2D eigenvalue weighted by Gasteiger charge is 2.36. The number of nitrogens with zero attached hydrogens (tertiary/aromatic N) is 2. The number of H-pyrrole nitrogens is 1. The van der Waals surface area contributed by atoms with Crippen LogP contribution in [0.4, 0.5) is 0 Å². The van der Waals surface area contributed by atoms with Crippen LogP contribution in [0, 0.1) is 5.92 Å². The molecule has 1 unspecified atom stereocenters. The highest BCUT2D eigenvalue weighted by molar-refractivity contribution is 7.92. The third-order valence-electron chi connectivity index (χ3n) is 6.52. The lowest BCUT2D eigenvalue weighted by molar-refractivity contribution is 0.326. The predicted molar refractivity (Wildman–Crippen MR) is 114 cm³/mol. The van der Waals surface area contributed by atoms with Crippen LogP contribution in [0.2, 0.25) is 0 Å². The first-order chi connectivity index (χ1) is 14.1. The van der Waals surface area contributed by atoms with E-state index in [0.29, 0.717) is 10.8 Å². The third-order valence-corrected chi connectivity index (χ3v) is 8.80. The monoisotopic (exact) mass is 409 g/mol. The smallest absolute Gasteiger partial charge is 0.181 e. The lowest BCUT2D eigenvalue weighted by atomic mass is 9.79. The lowest BCUT2D eigenvalue weighted by Crippen LogP contribution is -2.13. The maximum absolute atomic E-state index is 12.6. The lowest BCUT2D eigenvalue weighted by Gasteiger charge is -2.26. The fraction of sp³-hybridized carbons (Fsp3) is 0.478. The Kier molecular flexibility index (Phi) is 4.90. The molecule has 0 saturated heterocycles. The van der Waals surface area contributed by atoms with Gasteiger partial charge in [-0.2, -0.15) is 0 Å². The summed E-state index contributed by atoms with van der Waals surface area (Å²) in [6.45, 7) is 0. The maximum Gasteiger partial charge on any atom is 0.181 e. The van der Waals surface area contributed by atoms with Crippen molar-refractivity contribution in [1.82, 2.24) is 15.0 Å². The van der Waals surface area contributed by atoms with Gasteiger partial charge in [0.1, 0.15) is 5.52 Å². The molecule has 152 valence electrons. The summed E-state index contributed by atoms with van der Waals surface area (Å²) in [5.74, 6) is 0.905.